The number of nitrogens with one attached hydrogen (secondary N) is 1. The van der Waals surface area contributed by atoms with Gasteiger partial charge in [0.1, 0.15) is 0 Å². The lowest BCUT2D eigenvalue weighted by atomic mass is 9.51. The van der Waals surface area contributed by atoms with Gasteiger partial charge in [0, 0.05) is 11.8 Å². The maximum atomic E-state index is 5.02. The standard InChI is InChI=1S/C28H46N2/c1-18(2)30-19(3)22-14-16-28(7)24-11-10-23-20(9-12-25(29-8)26(23,4)5)17-21(24)13-15-27(22,28)6/h13,17,19,22-25,29H,9-12,14-16H2,1-8H3. The molecule has 0 saturated heterocycles. The first-order valence-electron chi connectivity index (χ1n) is 12.6. The van der Waals surface area contributed by atoms with E-state index >= 15 is 0 Å². The number of fused-ring (bicyclic) bond motifs is 4. The van der Waals surface area contributed by atoms with Crippen molar-refractivity contribution in [2.24, 2.45) is 39.0 Å². The van der Waals surface area contributed by atoms with Crippen LogP contribution in [0.25, 0.3) is 0 Å². The molecule has 2 nitrogen and oxygen atoms in total. The maximum absolute atomic E-state index is 5.02. The van der Waals surface area contributed by atoms with Gasteiger partial charge in [0.25, 0.3) is 0 Å². The molecule has 0 aromatic carbocycles. The van der Waals surface area contributed by atoms with Gasteiger partial charge in [0.15, 0.2) is 0 Å². The summed E-state index contributed by atoms with van der Waals surface area (Å²) in [7, 11) is 2.16. The Morgan fingerprint density at radius 2 is 1.73 bits per heavy atom. The van der Waals surface area contributed by atoms with Crippen LogP contribution in [-0.4, -0.2) is 24.8 Å². The van der Waals surface area contributed by atoms with E-state index in [9.17, 15) is 0 Å². The normalized spacial score (nSPS) is 43.3. The van der Waals surface area contributed by atoms with Gasteiger partial charge in [0.2, 0.25) is 0 Å². The Labute approximate surface area is 186 Å². The molecule has 4 aliphatic carbocycles. The molecule has 4 rings (SSSR count). The first kappa shape index (κ1) is 22.3. The number of nitrogens with zero attached hydrogens (tertiary/aromatic N) is 1. The number of allylic oxidation sites excluding steroid dienone is 4. The Balaban J connectivity index is 1.67. The molecule has 2 fully saturated rings. The summed E-state index contributed by atoms with van der Waals surface area (Å²) in [6.45, 7) is 17.0. The van der Waals surface area contributed by atoms with Gasteiger partial charge in [-0.3, -0.25) is 4.99 Å². The van der Waals surface area contributed by atoms with Crippen LogP contribution in [-0.2, 0) is 0 Å². The predicted octanol–water partition coefficient (Wildman–Crippen LogP) is 6.97. The lowest BCUT2D eigenvalue weighted by Crippen LogP contribution is -2.48. The van der Waals surface area contributed by atoms with E-state index in [1.54, 1.807) is 11.1 Å². The maximum Gasteiger partial charge on any atom is 0.0504 e. The molecule has 0 heterocycles. The van der Waals surface area contributed by atoms with Crippen molar-refractivity contribution in [2.45, 2.75) is 105 Å². The van der Waals surface area contributed by atoms with Gasteiger partial charge >= 0.3 is 0 Å². The lowest BCUT2D eigenvalue weighted by Gasteiger charge is -2.53. The topological polar surface area (TPSA) is 24.4 Å². The molecule has 168 valence electrons. The highest BCUT2D eigenvalue weighted by molar-refractivity contribution is 5.79. The van der Waals surface area contributed by atoms with Gasteiger partial charge in [0.05, 0.1) is 6.04 Å². The largest absolute Gasteiger partial charge is 0.316 e. The number of hydrogen-bond acceptors (Lipinski definition) is 2. The molecule has 2 saturated carbocycles. The van der Waals surface area contributed by atoms with Crippen LogP contribution in [0.4, 0.5) is 0 Å². The summed E-state index contributed by atoms with van der Waals surface area (Å²) in [5, 5.41) is 3.64. The van der Waals surface area contributed by atoms with Crippen LogP contribution < -0.4 is 5.32 Å². The van der Waals surface area contributed by atoms with Gasteiger partial charge in [-0.25, -0.2) is 0 Å². The van der Waals surface area contributed by atoms with Crippen molar-refractivity contribution < 1.29 is 0 Å². The molecule has 0 bridgehead atoms. The lowest BCUT2D eigenvalue weighted by molar-refractivity contribution is 0.00413. The molecule has 2 heteroatoms. The Hall–Kier alpha value is -0.890. The van der Waals surface area contributed by atoms with Gasteiger partial charge < -0.3 is 5.32 Å². The number of rotatable bonds is 3. The average Bonchev–Trinajstić information content (AvgIpc) is 2.81. The van der Waals surface area contributed by atoms with Crippen LogP contribution >= 0.6 is 0 Å². The molecule has 30 heavy (non-hydrogen) atoms. The summed E-state index contributed by atoms with van der Waals surface area (Å²) in [5.74, 6) is 2.16. The number of aliphatic imine (C=N–C) groups is 1. The first-order chi connectivity index (χ1) is 14.0. The van der Waals surface area contributed by atoms with Crippen LogP contribution in [0.1, 0.15) is 93.4 Å². The molecule has 1 N–H and O–H groups in total. The van der Waals surface area contributed by atoms with E-state index < -0.39 is 0 Å². The Morgan fingerprint density at radius 1 is 1.03 bits per heavy atom. The van der Waals surface area contributed by atoms with E-state index in [0.29, 0.717) is 34.2 Å². The fraction of sp³-hybridized carbons (Fsp3) is 0.821. The van der Waals surface area contributed by atoms with Crippen LogP contribution in [0.15, 0.2) is 28.3 Å². The van der Waals surface area contributed by atoms with E-state index in [4.69, 9.17) is 4.99 Å². The Bertz CT molecular complexity index is 768. The van der Waals surface area contributed by atoms with Crippen LogP contribution in [0.2, 0.25) is 0 Å². The van der Waals surface area contributed by atoms with Gasteiger partial charge in [-0.1, -0.05) is 45.4 Å². The molecule has 0 aliphatic heterocycles. The summed E-state index contributed by atoms with van der Waals surface area (Å²) >= 11 is 0. The second kappa shape index (κ2) is 7.61. The zero-order valence-corrected chi connectivity index (χ0v) is 20.9. The van der Waals surface area contributed by atoms with Crippen molar-refractivity contribution in [2.75, 3.05) is 7.05 Å². The quantitative estimate of drug-likeness (QED) is 0.499. The van der Waals surface area contributed by atoms with Gasteiger partial charge in [-0.15, -0.1) is 0 Å². The summed E-state index contributed by atoms with van der Waals surface area (Å²) in [4.78, 5) is 5.02. The monoisotopic (exact) mass is 410 g/mol. The zero-order valence-electron chi connectivity index (χ0n) is 20.9. The molecule has 4 aliphatic rings. The Morgan fingerprint density at radius 3 is 2.40 bits per heavy atom. The summed E-state index contributed by atoms with van der Waals surface area (Å²) in [6.07, 6.45) is 14.6. The van der Waals surface area contributed by atoms with Crippen LogP contribution in [0.3, 0.4) is 0 Å². The smallest absolute Gasteiger partial charge is 0.0504 e. The molecule has 0 aromatic rings. The molecule has 0 aromatic heterocycles. The van der Waals surface area contributed by atoms with Crippen LogP contribution in [0, 0.1) is 34.0 Å². The average molecular weight is 411 g/mol. The fourth-order valence-electron chi connectivity index (χ4n) is 8.57. The summed E-state index contributed by atoms with van der Waals surface area (Å²) < 4.78 is 0. The first-order valence-corrected chi connectivity index (χ1v) is 12.6. The van der Waals surface area contributed by atoms with Crippen LogP contribution in [0.5, 0.6) is 0 Å². The predicted molar refractivity (Wildman–Crippen MR) is 130 cm³/mol. The van der Waals surface area contributed by atoms with Crippen molar-refractivity contribution in [3.63, 3.8) is 0 Å². The van der Waals surface area contributed by atoms with E-state index in [2.05, 4.69) is 73.0 Å². The number of hydrogen-bond donors (Lipinski definition) is 1. The van der Waals surface area contributed by atoms with Gasteiger partial charge in [-0.05, 0) is 112 Å². The molecule has 0 spiro atoms. The highest BCUT2D eigenvalue weighted by atomic mass is 14.9. The molecular weight excluding hydrogens is 364 g/mol. The third-order valence-electron chi connectivity index (χ3n) is 10.5. The zero-order chi connectivity index (χ0) is 21.9. The molecule has 0 radical (unpaired) electrons. The second-order valence-electron chi connectivity index (χ2n) is 12.3. The van der Waals surface area contributed by atoms with Crippen molar-refractivity contribution in [3.05, 3.63) is 23.3 Å². The highest BCUT2D eigenvalue weighted by Gasteiger charge is 2.60. The third kappa shape index (κ3) is 3.19. The van der Waals surface area contributed by atoms with E-state index in [1.807, 2.05) is 0 Å². The third-order valence-corrected chi connectivity index (χ3v) is 10.5. The fourth-order valence-corrected chi connectivity index (χ4v) is 8.57. The molecule has 7 unspecified atom stereocenters. The van der Waals surface area contributed by atoms with Crippen molar-refractivity contribution in [3.8, 4) is 0 Å². The summed E-state index contributed by atoms with van der Waals surface area (Å²) in [6, 6.07) is 1.08. The van der Waals surface area contributed by atoms with E-state index in [1.165, 1.54) is 50.7 Å². The van der Waals surface area contributed by atoms with Crippen molar-refractivity contribution in [1.82, 2.24) is 5.32 Å². The Kier molecular flexibility index (Phi) is 5.66. The molecule has 0 amide bonds. The molecular formula is C28H46N2. The minimum absolute atomic E-state index is 0.344. The van der Waals surface area contributed by atoms with E-state index in [0.717, 1.165) is 11.8 Å². The van der Waals surface area contributed by atoms with Crippen molar-refractivity contribution in [1.29, 1.82) is 0 Å². The van der Waals surface area contributed by atoms with E-state index in [-0.39, 0.29) is 0 Å². The highest BCUT2D eigenvalue weighted by Crippen LogP contribution is 2.68. The van der Waals surface area contributed by atoms with Gasteiger partial charge in [-0.2, -0.15) is 0 Å². The minimum Gasteiger partial charge on any atom is -0.316 e. The second-order valence-corrected chi connectivity index (χ2v) is 12.3. The molecule has 7 atom stereocenters. The minimum atomic E-state index is 0.344. The SMILES string of the molecule is CNC1CCC2=CC3=CCC4(C)C(C(C)N=C(C)C)CCC4(C)C3CCC2C1(C)C. The van der Waals surface area contributed by atoms with Crippen molar-refractivity contribution >= 4 is 5.71 Å². The summed E-state index contributed by atoms with van der Waals surface area (Å²) in [5.41, 5.74) is 5.80.